The summed E-state index contributed by atoms with van der Waals surface area (Å²) in [4.78, 5) is 16.1. The third kappa shape index (κ3) is 3.43. The van der Waals surface area contributed by atoms with Crippen molar-refractivity contribution >= 4 is 17.2 Å². The van der Waals surface area contributed by atoms with E-state index in [0.29, 0.717) is 11.4 Å². The zero-order valence-electron chi connectivity index (χ0n) is 8.41. The molecule has 0 aliphatic rings. The number of carbonyl (C=O) groups excluding carboxylic acids is 1. The summed E-state index contributed by atoms with van der Waals surface area (Å²) >= 11 is 1.40. The molecule has 0 radical (unpaired) electrons. The highest BCUT2D eigenvalue weighted by Crippen LogP contribution is 2.10. The van der Waals surface area contributed by atoms with Crippen molar-refractivity contribution < 1.29 is 4.79 Å². The maximum absolute atomic E-state index is 11.5. The number of aromatic nitrogens is 1. The van der Waals surface area contributed by atoms with Gasteiger partial charge in [0.25, 0.3) is 5.91 Å². The molecular weight excluding hydrogens is 198 g/mol. The van der Waals surface area contributed by atoms with Crippen LogP contribution in [0.3, 0.4) is 0 Å². The molecule has 0 saturated heterocycles. The second kappa shape index (κ2) is 5.07. The molecule has 78 valence electrons. The lowest BCUT2D eigenvalue weighted by molar-refractivity contribution is 0.0956. The lowest BCUT2D eigenvalue weighted by Crippen LogP contribution is -2.28. The number of rotatable bonds is 4. The lowest BCUT2D eigenvalue weighted by Gasteiger charge is -2.05. The van der Waals surface area contributed by atoms with Gasteiger partial charge in [-0.3, -0.25) is 4.79 Å². The second-order valence-corrected chi connectivity index (χ2v) is 4.50. The molecule has 0 bridgehead atoms. The van der Waals surface area contributed by atoms with E-state index in [1.807, 2.05) is 13.8 Å². The summed E-state index contributed by atoms with van der Waals surface area (Å²) < 4.78 is 0. The second-order valence-electron chi connectivity index (χ2n) is 3.27. The normalized spacial score (nSPS) is 12.5. The zero-order chi connectivity index (χ0) is 10.6. The molecule has 0 aliphatic heterocycles. The van der Waals surface area contributed by atoms with E-state index in [-0.39, 0.29) is 11.9 Å². The molecule has 0 fully saturated rings. The fourth-order valence-electron chi connectivity index (χ4n) is 0.967. The van der Waals surface area contributed by atoms with Crippen LogP contribution in [-0.4, -0.2) is 23.5 Å². The van der Waals surface area contributed by atoms with Crippen molar-refractivity contribution in [3.05, 3.63) is 16.1 Å². The van der Waals surface area contributed by atoms with E-state index in [2.05, 4.69) is 10.3 Å². The Morgan fingerprint density at radius 2 is 2.50 bits per heavy atom. The summed E-state index contributed by atoms with van der Waals surface area (Å²) in [6.07, 6.45) is 2.39. The van der Waals surface area contributed by atoms with Gasteiger partial charge in [0, 0.05) is 12.6 Å². The van der Waals surface area contributed by atoms with Crippen molar-refractivity contribution in [1.29, 1.82) is 0 Å². The van der Waals surface area contributed by atoms with Crippen LogP contribution in [-0.2, 0) is 0 Å². The summed E-state index contributed by atoms with van der Waals surface area (Å²) in [5.74, 6) is -0.0590. The topological polar surface area (TPSA) is 68.0 Å². The molecule has 0 aromatic carbocycles. The number of carbonyl (C=O) groups is 1. The number of nitrogens with two attached hydrogens (primary N) is 1. The fourth-order valence-corrected chi connectivity index (χ4v) is 1.66. The maximum atomic E-state index is 11.5. The SMILES string of the molecule is Cc1ncc(C(=O)NCCC(C)N)s1. The molecule has 1 unspecified atom stereocenters. The van der Waals surface area contributed by atoms with Crippen molar-refractivity contribution in [2.24, 2.45) is 5.73 Å². The predicted octanol–water partition coefficient (Wildman–Crippen LogP) is 0.919. The van der Waals surface area contributed by atoms with Gasteiger partial charge in [0.1, 0.15) is 4.88 Å². The predicted molar refractivity (Wildman–Crippen MR) is 57.5 cm³/mol. The van der Waals surface area contributed by atoms with Gasteiger partial charge < -0.3 is 11.1 Å². The van der Waals surface area contributed by atoms with Gasteiger partial charge in [0.2, 0.25) is 0 Å². The van der Waals surface area contributed by atoms with Crippen LogP contribution in [0.2, 0.25) is 0 Å². The number of nitrogens with zero attached hydrogens (tertiary/aromatic N) is 1. The summed E-state index contributed by atoms with van der Waals surface area (Å²) in [5.41, 5.74) is 5.56. The van der Waals surface area contributed by atoms with Crippen molar-refractivity contribution in [2.75, 3.05) is 6.54 Å². The first-order valence-electron chi connectivity index (χ1n) is 4.56. The van der Waals surface area contributed by atoms with Crippen molar-refractivity contribution in [1.82, 2.24) is 10.3 Å². The van der Waals surface area contributed by atoms with Crippen molar-refractivity contribution in [3.63, 3.8) is 0 Å². The molecule has 4 nitrogen and oxygen atoms in total. The number of hydrogen-bond acceptors (Lipinski definition) is 4. The molecule has 3 N–H and O–H groups in total. The summed E-state index contributed by atoms with van der Waals surface area (Å²) in [6, 6.07) is 0.124. The first kappa shape index (κ1) is 11.1. The highest BCUT2D eigenvalue weighted by atomic mass is 32.1. The van der Waals surface area contributed by atoms with Crippen LogP contribution in [0.15, 0.2) is 6.20 Å². The smallest absolute Gasteiger partial charge is 0.263 e. The zero-order valence-corrected chi connectivity index (χ0v) is 9.23. The van der Waals surface area contributed by atoms with Gasteiger partial charge in [-0.25, -0.2) is 4.98 Å². The molecule has 0 aliphatic carbocycles. The van der Waals surface area contributed by atoms with Crippen LogP contribution in [0.25, 0.3) is 0 Å². The Morgan fingerprint density at radius 3 is 3.00 bits per heavy atom. The van der Waals surface area contributed by atoms with E-state index in [1.54, 1.807) is 6.20 Å². The Morgan fingerprint density at radius 1 is 1.79 bits per heavy atom. The van der Waals surface area contributed by atoms with E-state index in [1.165, 1.54) is 11.3 Å². The minimum absolute atomic E-state index is 0.0590. The Hall–Kier alpha value is -0.940. The van der Waals surface area contributed by atoms with E-state index >= 15 is 0 Å². The average molecular weight is 213 g/mol. The minimum atomic E-state index is -0.0590. The highest BCUT2D eigenvalue weighted by molar-refractivity contribution is 7.13. The third-order valence-electron chi connectivity index (χ3n) is 1.73. The van der Waals surface area contributed by atoms with Gasteiger partial charge in [-0.1, -0.05) is 0 Å². The number of hydrogen-bond donors (Lipinski definition) is 2. The first-order chi connectivity index (χ1) is 6.59. The summed E-state index contributed by atoms with van der Waals surface area (Å²) in [6.45, 7) is 4.42. The standard InChI is InChI=1S/C9H15N3OS/c1-6(10)3-4-11-9(13)8-5-12-7(2)14-8/h5-6H,3-4,10H2,1-2H3,(H,11,13). The molecule has 1 rings (SSSR count). The van der Waals surface area contributed by atoms with E-state index in [0.717, 1.165) is 11.4 Å². The van der Waals surface area contributed by atoms with Gasteiger partial charge >= 0.3 is 0 Å². The van der Waals surface area contributed by atoms with E-state index in [9.17, 15) is 4.79 Å². The Labute approximate surface area is 87.5 Å². The van der Waals surface area contributed by atoms with Gasteiger partial charge in [-0.15, -0.1) is 11.3 Å². The van der Waals surface area contributed by atoms with Crippen LogP contribution >= 0.6 is 11.3 Å². The van der Waals surface area contributed by atoms with Gasteiger partial charge in [-0.05, 0) is 20.3 Å². The summed E-state index contributed by atoms with van der Waals surface area (Å²) in [5, 5.41) is 3.70. The molecule has 1 aromatic heterocycles. The Bertz CT molecular complexity index is 309. The number of amides is 1. The van der Waals surface area contributed by atoms with E-state index in [4.69, 9.17) is 5.73 Å². The van der Waals surface area contributed by atoms with Crippen LogP contribution < -0.4 is 11.1 Å². The third-order valence-corrected chi connectivity index (χ3v) is 2.64. The van der Waals surface area contributed by atoms with Crippen LogP contribution in [0.1, 0.15) is 28.0 Å². The summed E-state index contributed by atoms with van der Waals surface area (Å²) in [7, 11) is 0. The molecule has 14 heavy (non-hydrogen) atoms. The molecule has 1 atom stereocenters. The van der Waals surface area contributed by atoms with E-state index < -0.39 is 0 Å². The number of thiazole rings is 1. The van der Waals surface area contributed by atoms with Crippen LogP contribution in [0.5, 0.6) is 0 Å². The van der Waals surface area contributed by atoms with Crippen LogP contribution in [0.4, 0.5) is 0 Å². The van der Waals surface area contributed by atoms with Crippen molar-refractivity contribution in [3.8, 4) is 0 Å². The molecule has 1 aromatic rings. The fraction of sp³-hybridized carbons (Fsp3) is 0.556. The van der Waals surface area contributed by atoms with Gasteiger partial charge in [0.05, 0.1) is 11.2 Å². The first-order valence-corrected chi connectivity index (χ1v) is 5.37. The maximum Gasteiger partial charge on any atom is 0.263 e. The highest BCUT2D eigenvalue weighted by Gasteiger charge is 2.07. The monoisotopic (exact) mass is 213 g/mol. The van der Waals surface area contributed by atoms with Crippen LogP contribution in [0, 0.1) is 6.92 Å². The molecular formula is C9H15N3OS. The molecule has 5 heteroatoms. The molecule has 1 amide bonds. The lowest BCUT2D eigenvalue weighted by atomic mass is 10.2. The minimum Gasteiger partial charge on any atom is -0.351 e. The average Bonchev–Trinajstić information content (AvgIpc) is 2.51. The van der Waals surface area contributed by atoms with Gasteiger partial charge in [0.15, 0.2) is 0 Å². The molecule has 0 saturated carbocycles. The largest absolute Gasteiger partial charge is 0.351 e. The quantitative estimate of drug-likeness (QED) is 0.781. The molecule has 1 heterocycles. The number of nitrogens with one attached hydrogen (secondary N) is 1. The Balaban J connectivity index is 2.36. The van der Waals surface area contributed by atoms with Gasteiger partial charge in [-0.2, -0.15) is 0 Å². The van der Waals surface area contributed by atoms with Crippen molar-refractivity contribution in [2.45, 2.75) is 26.3 Å². The molecule has 0 spiro atoms. The Kier molecular flexibility index (Phi) is 4.03. The number of aryl methyl sites for hydroxylation is 1.